The second-order valence-electron chi connectivity index (χ2n) is 13.7. The van der Waals surface area contributed by atoms with E-state index in [-0.39, 0.29) is 36.0 Å². The smallest absolute Gasteiger partial charge is 0.422 e. The number of rotatable bonds is 11. The number of hydrogen-bond donors (Lipinski definition) is 2. The van der Waals surface area contributed by atoms with Crippen LogP contribution in [-0.2, 0) is 50.9 Å². The molecule has 11 nitrogen and oxygen atoms in total. The van der Waals surface area contributed by atoms with Gasteiger partial charge in [0.25, 0.3) is 0 Å². The van der Waals surface area contributed by atoms with Crippen molar-refractivity contribution < 1.29 is 61.1 Å². The highest BCUT2D eigenvalue weighted by Crippen LogP contribution is 2.45. The molecule has 1 saturated heterocycles. The van der Waals surface area contributed by atoms with Gasteiger partial charge in [-0.25, -0.2) is 9.59 Å². The highest BCUT2D eigenvalue weighted by molar-refractivity contribution is 5.96. The summed E-state index contributed by atoms with van der Waals surface area (Å²) in [5, 5.41) is 12.7. The van der Waals surface area contributed by atoms with Crippen molar-refractivity contribution in [3.8, 4) is 0 Å². The van der Waals surface area contributed by atoms with E-state index in [0.29, 0.717) is 12.8 Å². The third kappa shape index (κ3) is 10.0. The third-order valence-corrected chi connectivity index (χ3v) is 8.40. The maximum absolute atomic E-state index is 13.6. The van der Waals surface area contributed by atoms with E-state index in [1.807, 2.05) is 24.3 Å². The van der Waals surface area contributed by atoms with Crippen LogP contribution >= 0.6 is 0 Å². The topological polar surface area (TPSA) is 147 Å². The van der Waals surface area contributed by atoms with Gasteiger partial charge >= 0.3 is 24.1 Å². The second kappa shape index (κ2) is 15.4. The molecule has 14 heteroatoms. The third-order valence-electron chi connectivity index (χ3n) is 8.40. The van der Waals surface area contributed by atoms with Gasteiger partial charge in [0.05, 0.1) is 18.2 Å². The summed E-state index contributed by atoms with van der Waals surface area (Å²) in [6.07, 6.45) is -2.93. The minimum absolute atomic E-state index is 0.00105. The van der Waals surface area contributed by atoms with Gasteiger partial charge < -0.3 is 34.1 Å². The first-order chi connectivity index (χ1) is 24.0. The van der Waals surface area contributed by atoms with Crippen molar-refractivity contribution in [1.29, 1.82) is 0 Å². The van der Waals surface area contributed by atoms with Gasteiger partial charge in [0.1, 0.15) is 23.9 Å². The molecule has 2 aromatic rings. The van der Waals surface area contributed by atoms with Crippen molar-refractivity contribution in [1.82, 2.24) is 5.32 Å². The predicted octanol–water partition coefficient (Wildman–Crippen LogP) is 4.54. The highest BCUT2D eigenvalue weighted by Gasteiger charge is 2.55. The first-order valence-electron chi connectivity index (χ1n) is 16.5. The molecular formula is C37H40F3NO10. The molecule has 51 heavy (non-hydrogen) atoms. The van der Waals surface area contributed by atoms with Gasteiger partial charge in [-0.1, -0.05) is 42.5 Å². The number of alkyl halides is 3. The summed E-state index contributed by atoms with van der Waals surface area (Å²) in [5.41, 5.74) is 1.77. The van der Waals surface area contributed by atoms with E-state index >= 15 is 0 Å². The molecule has 274 valence electrons. The number of esters is 3. The minimum Gasteiger partial charge on any atom is -0.460 e. The van der Waals surface area contributed by atoms with E-state index < -0.39 is 78.9 Å². The van der Waals surface area contributed by atoms with Crippen LogP contribution in [-0.4, -0.2) is 84.1 Å². The SMILES string of the molecule is CC(C)(C)OC(=O)CC[C@@H](CO)NC(=O)C1=C[C@H]2OC3(Cc4ccccc4C3)O[C@H]2[C@H](OC(=O)c2ccccc2C=CC(=O)OCC(F)(F)F)C1. The van der Waals surface area contributed by atoms with Crippen LogP contribution in [0.15, 0.2) is 66.3 Å². The molecule has 2 aromatic carbocycles. The van der Waals surface area contributed by atoms with Gasteiger partial charge in [-0.05, 0) is 62.1 Å². The van der Waals surface area contributed by atoms with E-state index in [4.69, 9.17) is 18.9 Å². The average Bonchev–Trinajstić information content (AvgIpc) is 3.61. The first kappa shape index (κ1) is 37.7. The molecule has 0 unspecified atom stereocenters. The normalized spacial score (nSPS) is 21.4. The number of hydrogen-bond acceptors (Lipinski definition) is 10. The van der Waals surface area contributed by atoms with Crippen LogP contribution in [0, 0.1) is 0 Å². The zero-order valence-electron chi connectivity index (χ0n) is 28.4. The molecule has 1 amide bonds. The molecule has 1 heterocycles. The minimum atomic E-state index is -4.70. The van der Waals surface area contributed by atoms with Gasteiger partial charge in [0, 0.05) is 37.3 Å². The molecule has 1 fully saturated rings. The molecule has 0 saturated carbocycles. The standard InChI is InChI=1S/C37H40F3NO10/c1-35(2,3)50-31(44)15-13-26(20-42)41-33(45)25-16-28(32-29(17-25)49-36(51-32)18-23-9-4-5-10-24(23)19-36)48-34(46)27-11-7-6-8-22(27)12-14-30(43)47-21-37(38,39)40/h4-12,14,17,26,28-29,32,42H,13,15-16,18-21H2,1-3H3,(H,41,45)/t26-,28+,29+,32-/m0/s1. The molecule has 0 aromatic heterocycles. The second-order valence-corrected chi connectivity index (χ2v) is 13.7. The lowest BCUT2D eigenvalue weighted by Crippen LogP contribution is -2.45. The molecule has 3 aliphatic rings. The maximum Gasteiger partial charge on any atom is 0.422 e. The number of aliphatic hydroxyl groups excluding tert-OH is 1. The molecule has 0 bridgehead atoms. The van der Waals surface area contributed by atoms with Gasteiger partial charge in [-0.15, -0.1) is 0 Å². The van der Waals surface area contributed by atoms with Crippen molar-refractivity contribution in [3.05, 3.63) is 88.5 Å². The van der Waals surface area contributed by atoms with Crippen LogP contribution in [0.2, 0.25) is 0 Å². The van der Waals surface area contributed by atoms with Crippen molar-refractivity contribution in [2.75, 3.05) is 13.2 Å². The fourth-order valence-corrected chi connectivity index (χ4v) is 6.22. The zero-order chi connectivity index (χ0) is 37.0. The molecule has 1 aliphatic heterocycles. The number of carbonyl (C=O) groups is 4. The van der Waals surface area contributed by atoms with Gasteiger partial charge in [-0.3, -0.25) is 9.59 Å². The molecule has 2 N–H and O–H groups in total. The zero-order valence-corrected chi connectivity index (χ0v) is 28.4. The Labute approximate surface area is 292 Å². The Morgan fingerprint density at radius 3 is 2.33 bits per heavy atom. The van der Waals surface area contributed by atoms with Crippen molar-refractivity contribution in [2.24, 2.45) is 0 Å². The number of amides is 1. The van der Waals surface area contributed by atoms with Crippen molar-refractivity contribution in [3.63, 3.8) is 0 Å². The Balaban J connectivity index is 1.33. The summed E-state index contributed by atoms with van der Waals surface area (Å²) >= 11 is 0. The summed E-state index contributed by atoms with van der Waals surface area (Å²) in [5.74, 6) is -4.19. The number of halogens is 3. The van der Waals surface area contributed by atoms with E-state index in [1.54, 1.807) is 39.0 Å². The Kier molecular flexibility index (Phi) is 11.4. The molecule has 4 atom stereocenters. The van der Waals surface area contributed by atoms with Crippen LogP contribution in [0.4, 0.5) is 13.2 Å². The summed E-state index contributed by atoms with van der Waals surface area (Å²) in [4.78, 5) is 51.4. The molecule has 1 spiro atoms. The summed E-state index contributed by atoms with van der Waals surface area (Å²) in [6.45, 7) is 3.00. The maximum atomic E-state index is 13.6. The lowest BCUT2D eigenvalue weighted by molar-refractivity contribution is -0.182. The number of aliphatic hydroxyl groups is 1. The molecule has 2 aliphatic carbocycles. The van der Waals surface area contributed by atoms with Crippen LogP contribution in [0.3, 0.4) is 0 Å². The van der Waals surface area contributed by atoms with Crippen LogP contribution in [0.25, 0.3) is 6.08 Å². The fourth-order valence-electron chi connectivity index (χ4n) is 6.22. The summed E-state index contributed by atoms with van der Waals surface area (Å²) in [6, 6.07) is 13.0. The van der Waals surface area contributed by atoms with Gasteiger partial charge in [-0.2, -0.15) is 13.2 Å². The number of carbonyl (C=O) groups excluding carboxylic acids is 4. The monoisotopic (exact) mass is 715 g/mol. The van der Waals surface area contributed by atoms with Crippen LogP contribution < -0.4 is 5.32 Å². The Morgan fingerprint density at radius 1 is 1.02 bits per heavy atom. The van der Waals surface area contributed by atoms with Gasteiger partial charge in [0.15, 0.2) is 12.4 Å². The predicted molar refractivity (Wildman–Crippen MR) is 175 cm³/mol. The van der Waals surface area contributed by atoms with E-state index in [9.17, 15) is 37.5 Å². The van der Waals surface area contributed by atoms with Gasteiger partial charge in [0.2, 0.25) is 5.91 Å². The fraction of sp³-hybridized carbons (Fsp3) is 0.459. The van der Waals surface area contributed by atoms with Crippen molar-refractivity contribution >= 4 is 29.9 Å². The average molecular weight is 716 g/mol. The first-order valence-corrected chi connectivity index (χ1v) is 16.5. The number of benzene rings is 2. The molecule has 5 rings (SSSR count). The summed E-state index contributed by atoms with van der Waals surface area (Å²) < 4.78 is 65.9. The highest BCUT2D eigenvalue weighted by atomic mass is 19.4. The van der Waals surface area contributed by atoms with E-state index in [2.05, 4.69) is 10.1 Å². The summed E-state index contributed by atoms with van der Waals surface area (Å²) in [7, 11) is 0. The van der Waals surface area contributed by atoms with E-state index in [1.165, 1.54) is 12.1 Å². The van der Waals surface area contributed by atoms with Crippen LogP contribution in [0.5, 0.6) is 0 Å². The lowest BCUT2D eigenvalue weighted by atomic mass is 9.91. The van der Waals surface area contributed by atoms with E-state index in [0.717, 1.165) is 23.3 Å². The quantitative estimate of drug-likeness (QED) is 0.193. The molecule has 0 radical (unpaired) electrons. The number of nitrogens with one attached hydrogen (secondary N) is 1. The number of fused-ring (bicyclic) bond motifs is 2. The lowest BCUT2D eigenvalue weighted by Gasteiger charge is -2.31. The largest absolute Gasteiger partial charge is 0.460 e. The van der Waals surface area contributed by atoms with Crippen molar-refractivity contribution in [2.45, 2.75) is 94.8 Å². The molecular weight excluding hydrogens is 675 g/mol. The number of ether oxygens (including phenoxy) is 5. The van der Waals surface area contributed by atoms with Crippen LogP contribution in [0.1, 0.15) is 67.1 Å². The Morgan fingerprint density at radius 2 is 1.69 bits per heavy atom. The Hall–Kier alpha value is -4.53. The Bertz CT molecular complexity index is 1670.